The zero-order valence-electron chi connectivity index (χ0n) is 21.9. The summed E-state index contributed by atoms with van der Waals surface area (Å²) in [6.45, 7) is 2.80. The minimum Gasteiger partial charge on any atom is -0.493 e. The molecule has 5 heterocycles. The SMILES string of the molecule is COc1cc2c(cc1OC)C13CCN4CC5=CCOC6CC(=O)N2C1C6C5CC43.OC1CC2CCC1C2. The molecule has 3 saturated carbocycles. The zero-order chi connectivity index (χ0) is 25.1. The number of aliphatic hydroxyl groups excluding tert-OH is 1. The van der Waals surface area contributed by atoms with Gasteiger partial charge in [-0.1, -0.05) is 11.6 Å². The molecule has 7 heteroatoms. The van der Waals surface area contributed by atoms with Crippen molar-refractivity contribution in [2.24, 2.45) is 23.7 Å². The van der Waals surface area contributed by atoms with Gasteiger partial charge in [0.15, 0.2) is 11.5 Å². The van der Waals surface area contributed by atoms with Crippen LogP contribution in [-0.2, 0) is 14.9 Å². The molecule has 9 rings (SSSR count). The number of nitrogens with zero attached hydrogens (tertiary/aromatic N) is 2. The Labute approximate surface area is 218 Å². The lowest BCUT2D eigenvalue weighted by Crippen LogP contribution is -2.69. The van der Waals surface area contributed by atoms with Gasteiger partial charge in [-0.25, -0.2) is 0 Å². The van der Waals surface area contributed by atoms with E-state index >= 15 is 0 Å². The third kappa shape index (κ3) is 2.91. The number of rotatable bonds is 2. The Morgan fingerprint density at radius 2 is 1.95 bits per heavy atom. The molecule has 0 aromatic heterocycles. The van der Waals surface area contributed by atoms with Crippen LogP contribution in [0.3, 0.4) is 0 Å². The van der Waals surface area contributed by atoms with Gasteiger partial charge in [0.2, 0.25) is 5.91 Å². The van der Waals surface area contributed by atoms with Gasteiger partial charge >= 0.3 is 0 Å². The molecule has 37 heavy (non-hydrogen) atoms. The first-order valence-corrected chi connectivity index (χ1v) is 14.3. The molecule has 1 aromatic carbocycles. The van der Waals surface area contributed by atoms with E-state index < -0.39 is 0 Å². The van der Waals surface area contributed by atoms with Crippen molar-refractivity contribution in [3.63, 3.8) is 0 Å². The first-order chi connectivity index (χ1) is 18.0. The van der Waals surface area contributed by atoms with E-state index in [1.807, 2.05) is 6.07 Å². The summed E-state index contributed by atoms with van der Waals surface area (Å²) in [7, 11) is 3.36. The highest BCUT2D eigenvalue weighted by Gasteiger charge is 2.71. The Hall–Kier alpha value is -2.09. The molecule has 7 nitrogen and oxygen atoms in total. The number of carbonyl (C=O) groups is 1. The normalized spacial score (nSPS) is 43.6. The van der Waals surface area contributed by atoms with Crippen molar-refractivity contribution in [2.45, 2.75) is 74.7 Å². The molecular weight excluding hydrogens is 468 g/mol. The van der Waals surface area contributed by atoms with Crippen molar-refractivity contribution in [2.75, 3.05) is 38.8 Å². The maximum atomic E-state index is 13.5. The average molecular weight is 507 g/mol. The third-order valence-electron chi connectivity index (χ3n) is 11.5. The molecule has 3 aliphatic carbocycles. The summed E-state index contributed by atoms with van der Waals surface area (Å²) >= 11 is 0. The Balaban J connectivity index is 0.000000229. The smallest absolute Gasteiger partial charge is 0.229 e. The van der Waals surface area contributed by atoms with Gasteiger partial charge in [-0.15, -0.1) is 0 Å². The van der Waals surface area contributed by atoms with Gasteiger partial charge in [0.05, 0.1) is 51.2 Å². The predicted molar refractivity (Wildman–Crippen MR) is 138 cm³/mol. The summed E-state index contributed by atoms with van der Waals surface area (Å²) in [6, 6.07) is 4.87. The van der Waals surface area contributed by atoms with Gasteiger partial charge in [-0.2, -0.15) is 0 Å². The summed E-state index contributed by atoms with van der Waals surface area (Å²) in [5.74, 6) is 4.17. The van der Waals surface area contributed by atoms with Crippen LogP contribution in [0.4, 0.5) is 5.69 Å². The minimum atomic E-state index is -0.0242. The number of benzene rings is 1. The predicted octanol–water partition coefficient (Wildman–Crippen LogP) is 3.28. The molecule has 1 amide bonds. The molecule has 198 valence electrons. The first kappa shape index (κ1) is 22.9. The van der Waals surface area contributed by atoms with E-state index in [-0.39, 0.29) is 29.6 Å². The molecule has 3 saturated heterocycles. The highest BCUT2D eigenvalue weighted by Crippen LogP contribution is 2.66. The van der Waals surface area contributed by atoms with Crippen LogP contribution in [0.15, 0.2) is 23.8 Å². The van der Waals surface area contributed by atoms with Crippen LogP contribution in [-0.4, -0.2) is 74.1 Å². The Morgan fingerprint density at radius 1 is 1.11 bits per heavy atom. The number of carbonyl (C=O) groups excluding carboxylic acids is 1. The molecule has 8 aliphatic rings. The minimum absolute atomic E-state index is 0.0242. The molecular formula is C30H38N2O5. The molecule has 1 spiro atoms. The highest BCUT2D eigenvalue weighted by atomic mass is 16.5. The molecule has 9 atom stereocenters. The van der Waals surface area contributed by atoms with Crippen molar-refractivity contribution >= 4 is 11.6 Å². The first-order valence-electron chi connectivity index (χ1n) is 14.3. The highest BCUT2D eigenvalue weighted by molar-refractivity contribution is 5.99. The van der Waals surface area contributed by atoms with Gasteiger partial charge in [0, 0.05) is 30.0 Å². The van der Waals surface area contributed by atoms with E-state index in [9.17, 15) is 9.90 Å². The number of methoxy groups -OCH3 is 2. The second-order valence-electron chi connectivity index (χ2n) is 12.7. The Morgan fingerprint density at radius 3 is 2.65 bits per heavy atom. The number of piperidine rings is 2. The molecule has 0 radical (unpaired) electrons. The van der Waals surface area contributed by atoms with E-state index in [1.54, 1.807) is 19.8 Å². The summed E-state index contributed by atoms with van der Waals surface area (Å²) < 4.78 is 17.6. The number of anilines is 1. The monoisotopic (exact) mass is 506 g/mol. The van der Waals surface area contributed by atoms with Crippen LogP contribution in [0.5, 0.6) is 11.5 Å². The number of aliphatic hydroxyl groups is 1. The molecule has 4 bridgehead atoms. The van der Waals surface area contributed by atoms with Crippen molar-refractivity contribution in [1.82, 2.24) is 4.90 Å². The van der Waals surface area contributed by atoms with E-state index in [1.165, 1.54) is 31.2 Å². The van der Waals surface area contributed by atoms with Gasteiger partial charge < -0.3 is 24.2 Å². The maximum absolute atomic E-state index is 13.5. The van der Waals surface area contributed by atoms with Gasteiger partial charge in [-0.3, -0.25) is 9.69 Å². The fourth-order valence-corrected chi connectivity index (χ4v) is 10.1. The fourth-order valence-electron chi connectivity index (χ4n) is 10.1. The fraction of sp³-hybridized carbons (Fsp3) is 0.700. The number of hydrogen-bond donors (Lipinski definition) is 1. The molecule has 1 aromatic rings. The quantitative estimate of drug-likeness (QED) is 0.621. The summed E-state index contributed by atoms with van der Waals surface area (Å²) in [5, 5.41) is 9.22. The van der Waals surface area contributed by atoms with Crippen LogP contribution >= 0.6 is 0 Å². The summed E-state index contributed by atoms with van der Waals surface area (Å²) in [6.07, 6.45) is 10.3. The summed E-state index contributed by atoms with van der Waals surface area (Å²) in [5.41, 5.74) is 3.85. The second kappa shape index (κ2) is 7.96. The number of amides is 1. The van der Waals surface area contributed by atoms with Crippen molar-refractivity contribution < 1.29 is 24.1 Å². The number of hydrogen-bond acceptors (Lipinski definition) is 6. The zero-order valence-corrected chi connectivity index (χ0v) is 21.9. The lowest BCUT2D eigenvalue weighted by Gasteiger charge is -2.58. The van der Waals surface area contributed by atoms with Crippen LogP contribution in [0.1, 0.15) is 50.5 Å². The summed E-state index contributed by atoms with van der Waals surface area (Å²) in [4.78, 5) is 18.3. The van der Waals surface area contributed by atoms with E-state index in [0.29, 0.717) is 42.6 Å². The standard InChI is InChI=1S/C23H26N2O4.C7H12O/c1-27-16-8-14-15(9-17(16)28-2)25-20(26)10-18-21-13-7-19-23(14,22(21)25)4-5-24(19)11-12(13)3-6-29-18;8-7-4-5-1-2-6(7)3-5/h3,8-9,13,18-19,21-22H,4-7,10-11H2,1-2H3;5-8H,1-4H2. The van der Waals surface area contributed by atoms with Crippen LogP contribution in [0.25, 0.3) is 0 Å². The van der Waals surface area contributed by atoms with E-state index in [2.05, 4.69) is 21.9 Å². The molecule has 9 unspecified atom stereocenters. The molecule has 6 fully saturated rings. The lowest BCUT2D eigenvalue weighted by molar-refractivity contribution is -0.132. The lowest BCUT2D eigenvalue weighted by atomic mass is 9.53. The molecule has 1 N–H and O–H groups in total. The number of ether oxygens (including phenoxy) is 3. The van der Waals surface area contributed by atoms with Gasteiger partial charge in [0.1, 0.15) is 0 Å². The van der Waals surface area contributed by atoms with Crippen molar-refractivity contribution in [3.05, 3.63) is 29.3 Å². The van der Waals surface area contributed by atoms with Crippen molar-refractivity contribution in [1.29, 1.82) is 0 Å². The third-order valence-corrected chi connectivity index (χ3v) is 11.5. The van der Waals surface area contributed by atoms with E-state index in [4.69, 9.17) is 14.2 Å². The van der Waals surface area contributed by atoms with Crippen LogP contribution < -0.4 is 14.4 Å². The largest absolute Gasteiger partial charge is 0.493 e. The van der Waals surface area contributed by atoms with Gasteiger partial charge in [-0.05, 0) is 74.5 Å². The molecule has 5 aliphatic heterocycles. The average Bonchev–Trinajstić information content (AvgIpc) is 3.65. The topological polar surface area (TPSA) is 71.5 Å². The Kier molecular flexibility index (Phi) is 4.92. The van der Waals surface area contributed by atoms with Crippen molar-refractivity contribution in [3.8, 4) is 11.5 Å². The Bertz CT molecular complexity index is 1180. The number of fused-ring (bicyclic) bond motifs is 4. The van der Waals surface area contributed by atoms with E-state index in [0.717, 1.165) is 43.3 Å². The second-order valence-corrected chi connectivity index (χ2v) is 12.7. The van der Waals surface area contributed by atoms with Crippen LogP contribution in [0, 0.1) is 23.7 Å². The maximum Gasteiger partial charge on any atom is 0.229 e. The van der Waals surface area contributed by atoms with Gasteiger partial charge in [0.25, 0.3) is 0 Å². The van der Waals surface area contributed by atoms with Crippen LogP contribution in [0.2, 0.25) is 0 Å².